The Bertz CT molecular complexity index is 739. The fourth-order valence-electron chi connectivity index (χ4n) is 3.38. The number of halogens is 1. The number of piperazine rings is 1. The van der Waals surface area contributed by atoms with Crippen LogP contribution in [-0.4, -0.2) is 68.6 Å². The van der Waals surface area contributed by atoms with Gasteiger partial charge in [0.05, 0.1) is 18.3 Å². The number of carbonyl (C=O) groups excluding carboxylic acids is 1. The Morgan fingerprint density at radius 3 is 2.61 bits per heavy atom. The SMILES string of the molecule is CN1CC(=O)N(c2cccc(F)c2)C[C@]12CCN(S(C)(=O)=O)C2. The molecule has 1 amide bonds. The number of carbonyl (C=O) groups is 1. The summed E-state index contributed by atoms with van der Waals surface area (Å²) in [6.07, 6.45) is 1.85. The molecule has 23 heavy (non-hydrogen) atoms. The lowest BCUT2D eigenvalue weighted by Crippen LogP contribution is -2.64. The molecular weight excluding hydrogens is 321 g/mol. The van der Waals surface area contributed by atoms with Gasteiger partial charge in [-0.2, -0.15) is 0 Å². The molecule has 0 unspecified atom stereocenters. The summed E-state index contributed by atoms with van der Waals surface area (Å²) in [6, 6.07) is 5.94. The fourth-order valence-corrected chi connectivity index (χ4v) is 4.28. The van der Waals surface area contributed by atoms with E-state index in [1.807, 2.05) is 11.9 Å². The zero-order chi connectivity index (χ0) is 16.8. The Hall–Kier alpha value is -1.51. The molecule has 1 spiro atoms. The van der Waals surface area contributed by atoms with Crippen LogP contribution in [0.3, 0.4) is 0 Å². The van der Waals surface area contributed by atoms with Crippen molar-refractivity contribution in [1.82, 2.24) is 9.21 Å². The van der Waals surface area contributed by atoms with E-state index in [1.54, 1.807) is 17.0 Å². The van der Waals surface area contributed by atoms with E-state index in [-0.39, 0.29) is 12.5 Å². The molecule has 0 aromatic heterocycles. The highest BCUT2D eigenvalue weighted by atomic mass is 32.2. The molecule has 2 aliphatic rings. The topological polar surface area (TPSA) is 60.9 Å². The number of likely N-dealkylation sites (N-methyl/N-ethyl adjacent to an activating group) is 1. The summed E-state index contributed by atoms with van der Waals surface area (Å²) >= 11 is 0. The molecule has 2 heterocycles. The predicted molar refractivity (Wildman–Crippen MR) is 85.1 cm³/mol. The molecule has 1 aromatic carbocycles. The maximum absolute atomic E-state index is 13.5. The van der Waals surface area contributed by atoms with E-state index in [2.05, 4.69) is 0 Å². The van der Waals surface area contributed by atoms with Crippen molar-refractivity contribution in [2.75, 3.05) is 44.4 Å². The Morgan fingerprint density at radius 2 is 2.00 bits per heavy atom. The molecule has 126 valence electrons. The Labute approximate surface area is 135 Å². The third-order valence-electron chi connectivity index (χ3n) is 4.82. The van der Waals surface area contributed by atoms with Gasteiger partial charge in [0.2, 0.25) is 15.9 Å². The molecule has 8 heteroatoms. The van der Waals surface area contributed by atoms with Gasteiger partial charge in [-0.15, -0.1) is 0 Å². The normalized spacial score (nSPS) is 27.1. The molecule has 6 nitrogen and oxygen atoms in total. The van der Waals surface area contributed by atoms with Gasteiger partial charge in [0.1, 0.15) is 5.82 Å². The second-order valence-corrected chi connectivity index (χ2v) is 8.37. The van der Waals surface area contributed by atoms with Crippen LogP contribution < -0.4 is 4.90 Å². The van der Waals surface area contributed by atoms with Gasteiger partial charge in [-0.25, -0.2) is 17.1 Å². The van der Waals surface area contributed by atoms with Crippen molar-refractivity contribution in [1.29, 1.82) is 0 Å². The number of hydrogen-bond donors (Lipinski definition) is 0. The highest BCUT2D eigenvalue weighted by molar-refractivity contribution is 7.88. The molecule has 0 N–H and O–H groups in total. The first kappa shape index (κ1) is 16.4. The van der Waals surface area contributed by atoms with Gasteiger partial charge in [-0.05, 0) is 31.7 Å². The Balaban J connectivity index is 1.90. The summed E-state index contributed by atoms with van der Waals surface area (Å²) in [5.74, 6) is -0.506. The second-order valence-electron chi connectivity index (χ2n) is 6.39. The monoisotopic (exact) mass is 341 g/mol. The standard InChI is InChI=1S/C15H20FN3O3S/c1-17-9-14(20)19(13-5-3-4-12(16)8-13)11-15(17)6-7-18(10-15)23(2,21)22/h3-5,8H,6-7,9-11H2,1-2H3/t15-/m1/s1. The first-order valence-electron chi connectivity index (χ1n) is 7.44. The molecule has 2 saturated heterocycles. The molecule has 0 bridgehead atoms. The third-order valence-corrected chi connectivity index (χ3v) is 6.07. The van der Waals surface area contributed by atoms with Crippen molar-refractivity contribution in [3.05, 3.63) is 30.1 Å². The van der Waals surface area contributed by atoms with Gasteiger partial charge in [-0.3, -0.25) is 9.69 Å². The summed E-state index contributed by atoms with van der Waals surface area (Å²) in [7, 11) is -1.42. The van der Waals surface area contributed by atoms with Crippen LogP contribution in [-0.2, 0) is 14.8 Å². The van der Waals surface area contributed by atoms with E-state index in [0.29, 0.717) is 31.7 Å². The van der Waals surface area contributed by atoms with E-state index < -0.39 is 21.4 Å². The Morgan fingerprint density at radius 1 is 1.26 bits per heavy atom. The van der Waals surface area contributed by atoms with Crippen LogP contribution in [0.1, 0.15) is 6.42 Å². The van der Waals surface area contributed by atoms with Crippen LogP contribution in [0.2, 0.25) is 0 Å². The van der Waals surface area contributed by atoms with E-state index in [0.717, 1.165) is 0 Å². The van der Waals surface area contributed by atoms with Gasteiger partial charge < -0.3 is 4.90 Å². The maximum atomic E-state index is 13.5. The van der Waals surface area contributed by atoms with E-state index in [1.165, 1.54) is 22.7 Å². The lowest BCUT2D eigenvalue weighted by molar-refractivity contribution is -0.123. The molecular formula is C15H20FN3O3S. The van der Waals surface area contributed by atoms with Gasteiger partial charge in [0.15, 0.2) is 0 Å². The molecule has 2 fully saturated rings. The zero-order valence-corrected chi connectivity index (χ0v) is 14.0. The number of amides is 1. The first-order chi connectivity index (χ1) is 10.7. The highest BCUT2D eigenvalue weighted by Crippen LogP contribution is 2.34. The predicted octanol–water partition coefficient (Wildman–Crippen LogP) is 0.508. The molecule has 1 atom stereocenters. The lowest BCUT2D eigenvalue weighted by Gasteiger charge is -2.46. The zero-order valence-electron chi connectivity index (χ0n) is 13.2. The summed E-state index contributed by atoms with van der Waals surface area (Å²) in [5.41, 5.74) is 0.0869. The molecule has 3 rings (SSSR count). The third kappa shape index (κ3) is 2.98. The number of sulfonamides is 1. The van der Waals surface area contributed by atoms with Crippen LogP contribution in [0.15, 0.2) is 24.3 Å². The lowest BCUT2D eigenvalue weighted by atomic mass is 9.92. The Kier molecular flexibility index (Phi) is 3.94. The van der Waals surface area contributed by atoms with Crippen molar-refractivity contribution in [2.45, 2.75) is 12.0 Å². The average molecular weight is 341 g/mol. The van der Waals surface area contributed by atoms with Crippen LogP contribution in [0, 0.1) is 5.82 Å². The minimum absolute atomic E-state index is 0.110. The highest BCUT2D eigenvalue weighted by Gasteiger charge is 2.49. The number of nitrogens with zero attached hydrogens (tertiary/aromatic N) is 3. The van der Waals surface area contributed by atoms with E-state index in [9.17, 15) is 17.6 Å². The summed E-state index contributed by atoms with van der Waals surface area (Å²) in [6.45, 7) is 1.34. The fraction of sp³-hybridized carbons (Fsp3) is 0.533. The number of anilines is 1. The molecule has 1 aromatic rings. The van der Waals surface area contributed by atoms with Crippen molar-refractivity contribution in [3.8, 4) is 0 Å². The van der Waals surface area contributed by atoms with Gasteiger partial charge in [-0.1, -0.05) is 6.07 Å². The number of benzene rings is 1. The van der Waals surface area contributed by atoms with E-state index in [4.69, 9.17) is 0 Å². The summed E-state index contributed by atoms with van der Waals surface area (Å²) < 4.78 is 38.5. The van der Waals surface area contributed by atoms with Crippen LogP contribution in [0.25, 0.3) is 0 Å². The van der Waals surface area contributed by atoms with Gasteiger partial charge in [0, 0.05) is 25.3 Å². The second kappa shape index (κ2) is 5.54. The molecule has 0 radical (unpaired) electrons. The average Bonchev–Trinajstić information content (AvgIpc) is 2.89. The molecule has 2 aliphatic heterocycles. The van der Waals surface area contributed by atoms with Crippen molar-refractivity contribution < 1.29 is 17.6 Å². The van der Waals surface area contributed by atoms with Crippen LogP contribution in [0.4, 0.5) is 10.1 Å². The minimum Gasteiger partial charge on any atom is -0.309 e. The largest absolute Gasteiger partial charge is 0.309 e. The van der Waals surface area contributed by atoms with Crippen molar-refractivity contribution in [3.63, 3.8) is 0 Å². The van der Waals surface area contributed by atoms with E-state index >= 15 is 0 Å². The van der Waals surface area contributed by atoms with Crippen molar-refractivity contribution in [2.24, 2.45) is 0 Å². The number of rotatable bonds is 2. The minimum atomic E-state index is -3.26. The summed E-state index contributed by atoms with van der Waals surface area (Å²) in [4.78, 5) is 15.9. The maximum Gasteiger partial charge on any atom is 0.241 e. The van der Waals surface area contributed by atoms with Gasteiger partial charge >= 0.3 is 0 Å². The first-order valence-corrected chi connectivity index (χ1v) is 9.28. The summed E-state index contributed by atoms with van der Waals surface area (Å²) in [5, 5.41) is 0. The smallest absolute Gasteiger partial charge is 0.241 e. The van der Waals surface area contributed by atoms with Crippen LogP contribution >= 0.6 is 0 Å². The molecule has 0 aliphatic carbocycles. The van der Waals surface area contributed by atoms with Crippen LogP contribution in [0.5, 0.6) is 0 Å². The van der Waals surface area contributed by atoms with Crippen molar-refractivity contribution >= 4 is 21.6 Å². The molecule has 0 saturated carbocycles. The quantitative estimate of drug-likeness (QED) is 0.786. The number of hydrogen-bond acceptors (Lipinski definition) is 4. The van der Waals surface area contributed by atoms with Gasteiger partial charge in [0.25, 0.3) is 0 Å².